The third-order valence-electron chi connectivity index (χ3n) is 23.5. The van der Waals surface area contributed by atoms with Gasteiger partial charge in [-0.3, -0.25) is 0 Å². The first kappa shape index (κ1) is 49.7. The zero-order chi connectivity index (χ0) is 61.4. The van der Waals surface area contributed by atoms with Crippen molar-refractivity contribution < 1.29 is 0 Å². The summed E-state index contributed by atoms with van der Waals surface area (Å²) < 4.78 is 0. The fraction of sp³-hybridized carbons (Fsp3) is 0.0316. The fourth-order valence-corrected chi connectivity index (χ4v) is 19.8. The molecule has 5 aliphatic rings. The summed E-state index contributed by atoms with van der Waals surface area (Å²) in [6, 6.07) is 97.2. The van der Waals surface area contributed by atoms with Crippen LogP contribution in [0.2, 0.25) is 0 Å². The molecule has 0 saturated carbocycles. The number of allylic oxidation sites excluding steroid dienone is 6. The van der Waals surface area contributed by atoms with Crippen molar-refractivity contribution in [2.75, 3.05) is 0 Å². The van der Waals surface area contributed by atoms with Crippen LogP contribution in [-0.2, 0) is 0 Å². The maximum absolute atomic E-state index is 2.56. The lowest BCUT2D eigenvalue weighted by Crippen LogP contribution is -2.22. The lowest BCUT2D eigenvalue weighted by Gasteiger charge is -2.37. The van der Waals surface area contributed by atoms with Crippen molar-refractivity contribution in [3.8, 4) is 33.4 Å². The minimum atomic E-state index is 0.214. The molecule has 19 aromatic rings. The highest BCUT2D eigenvalue weighted by Crippen LogP contribution is 2.55. The van der Waals surface area contributed by atoms with Crippen LogP contribution >= 0.6 is 0 Å². The van der Waals surface area contributed by atoms with Crippen molar-refractivity contribution in [2.24, 2.45) is 5.92 Å². The summed E-state index contributed by atoms with van der Waals surface area (Å²) in [4.78, 5) is 0. The number of hydrogen-bond donors (Lipinski definition) is 0. The summed E-state index contributed by atoms with van der Waals surface area (Å²) in [5.41, 5.74) is 17.2. The number of benzene rings is 19. The molecule has 0 aliphatic heterocycles. The third kappa shape index (κ3) is 6.08. The van der Waals surface area contributed by atoms with Gasteiger partial charge in [0.1, 0.15) is 0 Å². The first-order valence-corrected chi connectivity index (χ1v) is 33.8. The van der Waals surface area contributed by atoms with Crippen LogP contribution in [-0.4, -0.2) is 0 Å². The van der Waals surface area contributed by atoms with E-state index in [1.165, 1.54) is 243 Å². The number of rotatable bonds is 4. The highest BCUT2D eigenvalue weighted by molar-refractivity contribution is 6.30. The summed E-state index contributed by atoms with van der Waals surface area (Å²) in [5.74, 6) is 0.484. The second-order valence-electron chi connectivity index (χ2n) is 27.9. The molecule has 0 amide bonds. The summed E-state index contributed by atoms with van der Waals surface area (Å²) in [7, 11) is 0. The van der Waals surface area contributed by atoms with Crippen molar-refractivity contribution >= 4 is 147 Å². The predicted octanol–water partition coefficient (Wildman–Crippen LogP) is 24.7. The second kappa shape index (κ2) is 17.4. The van der Waals surface area contributed by atoms with Gasteiger partial charge >= 0.3 is 0 Å². The second-order valence-corrected chi connectivity index (χ2v) is 27.9. The third-order valence-corrected chi connectivity index (χ3v) is 23.5. The summed E-state index contributed by atoms with van der Waals surface area (Å²) in [6.45, 7) is 2.29. The van der Waals surface area contributed by atoms with E-state index in [1.54, 1.807) is 0 Å². The van der Waals surface area contributed by atoms with Gasteiger partial charge in [0.25, 0.3) is 0 Å². The highest BCUT2D eigenvalue weighted by Gasteiger charge is 2.36. The first-order chi connectivity index (χ1) is 47.1. The molecule has 24 rings (SSSR count). The smallest absolute Gasteiger partial charge is 0.0205 e. The largest absolute Gasteiger partial charge is 0.0761 e. The minimum Gasteiger partial charge on any atom is -0.0761 e. The number of aryl methyl sites for hydroxylation is 1. The van der Waals surface area contributed by atoms with E-state index in [0.29, 0.717) is 0 Å². The molecule has 95 heavy (non-hydrogen) atoms. The Balaban J connectivity index is 0.939. The Hall–Kier alpha value is -12.0. The molecule has 2 atom stereocenters. The van der Waals surface area contributed by atoms with E-state index in [9.17, 15) is 0 Å². The molecule has 0 bridgehead atoms. The Morgan fingerprint density at radius 2 is 0.621 bits per heavy atom. The van der Waals surface area contributed by atoms with Crippen LogP contribution < -0.4 is 0 Å². The van der Waals surface area contributed by atoms with Crippen molar-refractivity contribution in [2.45, 2.75) is 12.8 Å². The molecule has 0 heteroatoms. The Kier molecular flexibility index (Phi) is 9.10. The molecule has 0 aromatic heterocycles. The van der Waals surface area contributed by atoms with Crippen LogP contribution in [0.3, 0.4) is 0 Å². The zero-order valence-corrected chi connectivity index (χ0v) is 51.8. The molecule has 0 nitrogen and oxygen atoms in total. The van der Waals surface area contributed by atoms with Crippen LogP contribution in [0.5, 0.6) is 0 Å². The Labute approximate surface area is 543 Å². The molecule has 0 radical (unpaired) electrons. The lowest BCUT2D eigenvalue weighted by atomic mass is 9.66. The quantitative estimate of drug-likeness (QED) is 0.154. The van der Waals surface area contributed by atoms with Gasteiger partial charge in [-0.25, -0.2) is 0 Å². The monoisotopic (exact) mass is 1190 g/mol. The van der Waals surface area contributed by atoms with E-state index in [2.05, 4.69) is 292 Å². The fourth-order valence-electron chi connectivity index (χ4n) is 19.8. The van der Waals surface area contributed by atoms with Gasteiger partial charge in [0, 0.05) is 11.8 Å². The van der Waals surface area contributed by atoms with Crippen LogP contribution in [0.4, 0.5) is 0 Å². The average molecular weight is 1190 g/mol. The van der Waals surface area contributed by atoms with Crippen molar-refractivity contribution in [1.82, 2.24) is 0 Å². The van der Waals surface area contributed by atoms with Crippen molar-refractivity contribution in [3.05, 3.63) is 348 Å². The van der Waals surface area contributed by atoms with Crippen LogP contribution in [0.15, 0.2) is 279 Å². The maximum atomic E-state index is 2.56. The van der Waals surface area contributed by atoms with Crippen molar-refractivity contribution in [3.63, 3.8) is 0 Å². The van der Waals surface area contributed by atoms with Gasteiger partial charge in [0.05, 0.1) is 0 Å². The Bertz CT molecular complexity index is 7470. The summed E-state index contributed by atoms with van der Waals surface area (Å²) in [5, 5.41) is 41.8. The molecule has 0 spiro atoms. The van der Waals surface area contributed by atoms with E-state index in [4.69, 9.17) is 0 Å². The molecular formula is C95H52. The molecule has 5 aliphatic carbocycles. The molecule has 432 valence electrons. The number of hydrogen-bond acceptors (Lipinski definition) is 0. The molecular weight excluding hydrogens is 1140 g/mol. The van der Waals surface area contributed by atoms with E-state index in [1.807, 2.05) is 0 Å². The molecule has 0 N–H and O–H groups in total. The summed E-state index contributed by atoms with van der Waals surface area (Å²) >= 11 is 0. The van der Waals surface area contributed by atoms with Gasteiger partial charge < -0.3 is 0 Å². The Morgan fingerprint density at radius 1 is 0.253 bits per heavy atom. The van der Waals surface area contributed by atoms with Gasteiger partial charge in [0.2, 0.25) is 0 Å². The predicted molar refractivity (Wildman–Crippen MR) is 401 cm³/mol. The lowest BCUT2D eigenvalue weighted by molar-refractivity contribution is 0.667. The molecule has 0 saturated heterocycles. The standard InChI is InChI=1S/C95H52/c1-49-18-35-72-77(48-49)89(71-43-34-61-26-22-53-11-7-15-57-30-39-67(71)85(61)81(53)57)95-76-47-46-74-90-73(44-45-75(91(76)90)94(95)88(72)70-42-33-60-25-21-52-10-6-14-56-29-38-66(70)84(60)80(52)56)92-86(68-40-31-58-23-19-50-8-4-12-54-27-36-64(68)82(58)78(50)54)62-16-2-3-17-63(62)87(93(74)92)69-41-32-59-24-20-51-9-5-13-55-28-37-65(69)83(59)79(51)55/h2-48,58,82H,1H3. The molecule has 0 fully saturated rings. The Morgan fingerprint density at radius 3 is 1.11 bits per heavy atom. The van der Waals surface area contributed by atoms with Gasteiger partial charge in [-0.05, 0) is 245 Å². The van der Waals surface area contributed by atoms with Crippen molar-refractivity contribution in [1.29, 1.82) is 0 Å². The maximum Gasteiger partial charge on any atom is 0.0205 e. The van der Waals surface area contributed by atoms with Crippen LogP contribution in [0.1, 0.15) is 33.7 Å². The van der Waals surface area contributed by atoms with E-state index < -0.39 is 0 Å². The topological polar surface area (TPSA) is 0 Å². The normalized spacial score (nSPS) is 15.7. The first-order valence-electron chi connectivity index (χ1n) is 33.8. The van der Waals surface area contributed by atoms with Gasteiger partial charge in [-0.2, -0.15) is 0 Å². The van der Waals surface area contributed by atoms with Gasteiger partial charge in [-0.1, -0.05) is 291 Å². The van der Waals surface area contributed by atoms with E-state index in [-0.39, 0.29) is 11.8 Å². The average Bonchev–Trinajstić information content (AvgIpc) is 1.54. The molecule has 0 heterocycles. The molecule has 19 aromatic carbocycles. The van der Waals surface area contributed by atoms with E-state index >= 15 is 0 Å². The van der Waals surface area contributed by atoms with Crippen LogP contribution in [0, 0.1) is 54.6 Å². The highest BCUT2D eigenvalue weighted by atomic mass is 14.4. The SMILES string of the molecule is Cc1ccc2c(-c3ccc4ccc5cccc6ccc3c4c56)c3c(c(-c4ccc5ccc6cccc7ccc4c5c67)c2c1)=c1ccc2c4c(ccc=3c14)=c1c(C3=C4C=Cc5cccc6c5C4C(C=C3)C=C6)c3ccccc3c(-c3ccc4ccc5cccc6ccc3c4c56)c1=2. The zero-order valence-electron chi connectivity index (χ0n) is 51.8. The van der Waals surface area contributed by atoms with Crippen LogP contribution in [0.25, 0.3) is 180 Å². The number of fused-ring (bicyclic) bond motifs is 4. The minimum absolute atomic E-state index is 0.214. The van der Waals surface area contributed by atoms with E-state index in [0.717, 1.165) is 0 Å². The van der Waals surface area contributed by atoms with Gasteiger partial charge in [-0.15, -0.1) is 0 Å². The van der Waals surface area contributed by atoms with Gasteiger partial charge in [0.15, 0.2) is 0 Å². The summed E-state index contributed by atoms with van der Waals surface area (Å²) in [6.07, 6.45) is 14.7. The molecule has 2 unspecified atom stereocenters.